The maximum absolute atomic E-state index is 13.0. The largest absolute Gasteiger partial charge is 0.322 e. The van der Waals surface area contributed by atoms with Gasteiger partial charge in [0.15, 0.2) is 0 Å². The van der Waals surface area contributed by atoms with Crippen molar-refractivity contribution in [1.82, 2.24) is 5.32 Å². The maximum atomic E-state index is 13.0. The first-order chi connectivity index (χ1) is 9.63. The molecule has 0 radical (unpaired) electrons. The van der Waals surface area contributed by atoms with Crippen LogP contribution in [0.5, 0.6) is 0 Å². The summed E-state index contributed by atoms with van der Waals surface area (Å²) in [4.78, 5) is 12.3. The van der Waals surface area contributed by atoms with E-state index in [9.17, 15) is 9.18 Å². The van der Waals surface area contributed by atoms with Gasteiger partial charge in [0.25, 0.3) is 5.91 Å². The molecular formula is C17H14FNO. The van der Waals surface area contributed by atoms with Crippen molar-refractivity contribution >= 4 is 11.6 Å². The average Bonchev–Trinajstić information content (AvgIpc) is 2.60. The van der Waals surface area contributed by atoms with Crippen LogP contribution in [0.1, 0.15) is 27.0 Å². The lowest BCUT2D eigenvalue weighted by atomic mass is 10.0. The summed E-state index contributed by atoms with van der Waals surface area (Å²) >= 11 is 0. The van der Waals surface area contributed by atoms with Gasteiger partial charge in [-0.1, -0.05) is 35.9 Å². The second-order valence-electron chi connectivity index (χ2n) is 4.94. The van der Waals surface area contributed by atoms with Crippen LogP contribution in [0.4, 0.5) is 4.39 Å². The minimum absolute atomic E-state index is 0.114. The highest BCUT2D eigenvalue weighted by molar-refractivity contribution is 6.01. The number of halogens is 1. The van der Waals surface area contributed by atoms with E-state index in [1.807, 2.05) is 31.2 Å². The van der Waals surface area contributed by atoms with Gasteiger partial charge < -0.3 is 5.32 Å². The van der Waals surface area contributed by atoms with E-state index >= 15 is 0 Å². The van der Waals surface area contributed by atoms with Gasteiger partial charge in [-0.2, -0.15) is 0 Å². The minimum Gasteiger partial charge on any atom is -0.322 e. The van der Waals surface area contributed by atoms with Gasteiger partial charge in [-0.05, 0) is 42.7 Å². The molecule has 20 heavy (non-hydrogen) atoms. The maximum Gasteiger partial charge on any atom is 0.255 e. The lowest BCUT2D eigenvalue weighted by Gasteiger charge is -2.08. The Labute approximate surface area is 116 Å². The quantitative estimate of drug-likeness (QED) is 0.842. The van der Waals surface area contributed by atoms with E-state index in [2.05, 4.69) is 5.32 Å². The van der Waals surface area contributed by atoms with Crippen LogP contribution >= 0.6 is 0 Å². The van der Waals surface area contributed by atoms with Crippen molar-refractivity contribution in [1.29, 1.82) is 0 Å². The number of nitrogens with one attached hydrogen (secondary N) is 1. The van der Waals surface area contributed by atoms with Crippen molar-refractivity contribution in [2.24, 2.45) is 0 Å². The summed E-state index contributed by atoms with van der Waals surface area (Å²) in [6, 6.07) is 12.0. The second kappa shape index (κ2) is 4.93. The van der Waals surface area contributed by atoms with Crippen molar-refractivity contribution in [2.45, 2.75) is 13.3 Å². The highest BCUT2D eigenvalue weighted by atomic mass is 19.1. The Morgan fingerprint density at radius 2 is 1.85 bits per heavy atom. The standard InChI is InChI=1S/C17H14FNO/c1-11-2-3-12-6-9-16(19-17(20)15(12)10-11)13-4-7-14(18)8-5-13/h2-5,7-10H,6H2,1H3,(H,19,20). The smallest absolute Gasteiger partial charge is 0.255 e. The number of carbonyl (C=O) groups excluding carboxylic acids is 1. The fraction of sp³-hybridized carbons (Fsp3) is 0.118. The van der Waals surface area contributed by atoms with Crippen molar-refractivity contribution in [3.8, 4) is 0 Å². The molecule has 1 amide bonds. The number of aryl methyl sites for hydroxylation is 1. The summed E-state index contributed by atoms with van der Waals surface area (Å²) in [7, 11) is 0. The third-order valence-corrected chi connectivity index (χ3v) is 3.44. The van der Waals surface area contributed by atoms with Crippen LogP contribution in [0.15, 0.2) is 48.5 Å². The molecule has 0 aromatic heterocycles. The number of amides is 1. The summed E-state index contributed by atoms with van der Waals surface area (Å²) in [6.45, 7) is 1.97. The Kier molecular flexibility index (Phi) is 3.11. The van der Waals surface area contributed by atoms with Gasteiger partial charge in [-0.25, -0.2) is 4.39 Å². The first kappa shape index (κ1) is 12.6. The van der Waals surface area contributed by atoms with E-state index in [0.717, 1.165) is 22.4 Å². The van der Waals surface area contributed by atoms with Gasteiger partial charge in [-0.3, -0.25) is 4.79 Å². The highest BCUT2D eigenvalue weighted by Gasteiger charge is 2.17. The predicted molar refractivity (Wildman–Crippen MR) is 76.7 cm³/mol. The number of hydrogen-bond acceptors (Lipinski definition) is 1. The zero-order valence-electron chi connectivity index (χ0n) is 11.1. The molecule has 0 atom stereocenters. The second-order valence-corrected chi connectivity index (χ2v) is 4.94. The van der Waals surface area contributed by atoms with Gasteiger partial charge in [0.05, 0.1) is 0 Å². The van der Waals surface area contributed by atoms with Gasteiger partial charge in [-0.15, -0.1) is 0 Å². The highest BCUT2D eigenvalue weighted by Crippen LogP contribution is 2.21. The number of rotatable bonds is 1. The lowest BCUT2D eigenvalue weighted by Crippen LogP contribution is -2.21. The van der Waals surface area contributed by atoms with Crippen molar-refractivity contribution in [3.05, 3.63) is 76.6 Å². The molecule has 0 unspecified atom stereocenters. The van der Waals surface area contributed by atoms with Crippen LogP contribution in [0.25, 0.3) is 5.70 Å². The number of hydrogen-bond donors (Lipinski definition) is 1. The van der Waals surface area contributed by atoms with Crippen LogP contribution in [0, 0.1) is 12.7 Å². The molecule has 0 aliphatic carbocycles. The number of carbonyl (C=O) groups is 1. The molecule has 2 aromatic rings. The van der Waals surface area contributed by atoms with E-state index < -0.39 is 0 Å². The fourth-order valence-electron chi connectivity index (χ4n) is 2.35. The monoisotopic (exact) mass is 267 g/mol. The Morgan fingerprint density at radius 1 is 1.10 bits per heavy atom. The van der Waals surface area contributed by atoms with Gasteiger partial charge in [0.1, 0.15) is 5.82 Å². The zero-order valence-corrected chi connectivity index (χ0v) is 11.1. The molecule has 1 heterocycles. The topological polar surface area (TPSA) is 29.1 Å². The SMILES string of the molecule is Cc1ccc2c(c1)C(=O)NC(c1ccc(F)cc1)=CC2. The molecule has 0 spiro atoms. The van der Waals surface area contributed by atoms with Gasteiger partial charge in [0, 0.05) is 11.3 Å². The normalized spacial score (nSPS) is 14.1. The van der Waals surface area contributed by atoms with E-state index in [-0.39, 0.29) is 11.7 Å². The first-order valence-corrected chi connectivity index (χ1v) is 6.50. The van der Waals surface area contributed by atoms with Crippen LogP contribution in [-0.2, 0) is 6.42 Å². The van der Waals surface area contributed by atoms with Gasteiger partial charge >= 0.3 is 0 Å². The van der Waals surface area contributed by atoms with E-state index in [1.54, 1.807) is 12.1 Å². The van der Waals surface area contributed by atoms with Crippen LogP contribution < -0.4 is 5.32 Å². The van der Waals surface area contributed by atoms with Crippen LogP contribution in [0.2, 0.25) is 0 Å². The van der Waals surface area contributed by atoms with E-state index in [1.165, 1.54) is 12.1 Å². The molecular weight excluding hydrogens is 253 g/mol. The third-order valence-electron chi connectivity index (χ3n) is 3.44. The zero-order chi connectivity index (χ0) is 14.1. The molecule has 2 aromatic carbocycles. The molecule has 0 bridgehead atoms. The Morgan fingerprint density at radius 3 is 2.60 bits per heavy atom. The van der Waals surface area contributed by atoms with Crippen molar-refractivity contribution in [3.63, 3.8) is 0 Å². The Hall–Kier alpha value is -2.42. The fourth-order valence-corrected chi connectivity index (χ4v) is 2.35. The Balaban J connectivity index is 1.97. The number of fused-ring (bicyclic) bond motifs is 1. The molecule has 0 fully saturated rings. The summed E-state index contributed by atoms with van der Waals surface area (Å²) in [5.74, 6) is -0.398. The summed E-state index contributed by atoms with van der Waals surface area (Å²) < 4.78 is 13.0. The molecule has 3 rings (SSSR count). The molecule has 0 saturated heterocycles. The van der Waals surface area contributed by atoms with Gasteiger partial charge in [0.2, 0.25) is 0 Å². The van der Waals surface area contributed by atoms with Crippen molar-refractivity contribution in [2.75, 3.05) is 0 Å². The molecule has 1 aliphatic heterocycles. The molecule has 1 N–H and O–H groups in total. The first-order valence-electron chi connectivity index (χ1n) is 6.50. The third kappa shape index (κ3) is 2.35. The van der Waals surface area contributed by atoms with Crippen LogP contribution in [0.3, 0.4) is 0 Å². The molecule has 1 aliphatic rings. The Bertz CT molecular complexity index is 701. The van der Waals surface area contributed by atoms with Crippen LogP contribution in [-0.4, -0.2) is 5.91 Å². The number of benzene rings is 2. The van der Waals surface area contributed by atoms with Crippen molar-refractivity contribution < 1.29 is 9.18 Å². The minimum atomic E-state index is -0.284. The molecule has 0 saturated carbocycles. The average molecular weight is 267 g/mol. The van der Waals surface area contributed by atoms with E-state index in [4.69, 9.17) is 0 Å². The summed E-state index contributed by atoms with van der Waals surface area (Å²) in [5.41, 5.74) is 4.31. The summed E-state index contributed by atoms with van der Waals surface area (Å²) in [6.07, 6.45) is 2.65. The molecule has 3 heteroatoms. The number of allylic oxidation sites excluding steroid dienone is 1. The van der Waals surface area contributed by atoms with E-state index in [0.29, 0.717) is 12.0 Å². The molecule has 100 valence electrons. The molecule has 2 nitrogen and oxygen atoms in total. The lowest BCUT2D eigenvalue weighted by molar-refractivity contribution is 0.0973. The predicted octanol–water partition coefficient (Wildman–Crippen LogP) is 3.46. The summed E-state index contributed by atoms with van der Waals surface area (Å²) in [5, 5.41) is 2.90.